The standard InChI is InChI=1S/C22H26N4O5S/c1-4-25(5-2)32(30,31)16-10-11-20(27)19(14-16)24-21(28)12-13-26-15(3)23-18-9-7-6-8-17(18)22(26)29/h6-11,14,27H,4-5,12-13H2,1-3H3,(H,24,28). The molecule has 32 heavy (non-hydrogen) atoms. The van der Waals surface area contributed by atoms with Gasteiger partial charge in [0.2, 0.25) is 15.9 Å². The average Bonchev–Trinajstić information content (AvgIpc) is 2.75. The Labute approximate surface area is 186 Å². The number of phenolic OH excluding ortho intramolecular Hbond substituents is 1. The number of aryl methyl sites for hydroxylation is 1. The molecule has 0 fully saturated rings. The number of aromatic nitrogens is 2. The molecule has 0 bridgehead atoms. The maximum Gasteiger partial charge on any atom is 0.261 e. The molecule has 1 aromatic heterocycles. The molecule has 9 nitrogen and oxygen atoms in total. The molecule has 170 valence electrons. The van der Waals surface area contributed by atoms with Crippen LogP contribution < -0.4 is 10.9 Å². The monoisotopic (exact) mass is 458 g/mol. The lowest BCUT2D eigenvalue weighted by Gasteiger charge is -2.19. The van der Waals surface area contributed by atoms with Gasteiger partial charge in [-0.2, -0.15) is 4.31 Å². The van der Waals surface area contributed by atoms with E-state index in [1.807, 2.05) is 0 Å². The third-order valence-electron chi connectivity index (χ3n) is 5.20. The lowest BCUT2D eigenvalue weighted by Crippen LogP contribution is -2.30. The zero-order chi connectivity index (χ0) is 23.5. The lowest BCUT2D eigenvalue weighted by atomic mass is 10.2. The van der Waals surface area contributed by atoms with Crippen LogP contribution in [-0.2, 0) is 21.4 Å². The molecule has 3 rings (SSSR count). The van der Waals surface area contributed by atoms with Crippen LogP contribution >= 0.6 is 0 Å². The van der Waals surface area contributed by atoms with E-state index < -0.39 is 15.9 Å². The Morgan fingerprint density at radius 2 is 1.84 bits per heavy atom. The van der Waals surface area contributed by atoms with Crippen molar-refractivity contribution in [2.75, 3.05) is 18.4 Å². The molecule has 10 heteroatoms. The van der Waals surface area contributed by atoms with Gasteiger partial charge < -0.3 is 10.4 Å². The van der Waals surface area contributed by atoms with E-state index in [9.17, 15) is 23.1 Å². The highest BCUT2D eigenvalue weighted by Crippen LogP contribution is 2.28. The van der Waals surface area contributed by atoms with E-state index in [-0.39, 0.29) is 34.9 Å². The smallest absolute Gasteiger partial charge is 0.261 e. The van der Waals surface area contributed by atoms with Gasteiger partial charge in [-0.25, -0.2) is 13.4 Å². The molecule has 0 aliphatic rings. The quantitative estimate of drug-likeness (QED) is 0.500. The Kier molecular flexibility index (Phi) is 6.95. The van der Waals surface area contributed by atoms with Crippen molar-refractivity contribution >= 4 is 32.5 Å². The molecule has 0 radical (unpaired) electrons. The topological polar surface area (TPSA) is 122 Å². The van der Waals surface area contributed by atoms with Crippen molar-refractivity contribution in [2.24, 2.45) is 0 Å². The second kappa shape index (κ2) is 9.49. The fourth-order valence-electron chi connectivity index (χ4n) is 3.46. The maximum absolute atomic E-state index is 12.7. The summed E-state index contributed by atoms with van der Waals surface area (Å²) in [6.45, 7) is 5.85. The van der Waals surface area contributed by atoms with Gasteiger partial charge in [-0.3, -0.25) is 14.2 Å². The predicted molar refractivity (Wildman–Crippen MR) is 122 cm³/mol. The third kappa shape index (κ3) is 4.66. The van der Waals surface area contributed by atoms with Crippen LogP contribution in [0.15, 0.2) is 52.2 Å². The molecule has 0 saturated heterocycles. The molecule has 2 N–H and O–H groups in total. The Bertz CT molecular complexity index is 1310. The van der Waals surface area contributed by atoms with E-state index in [4.69, 9.17) is 0 Å². The first-order valence-corrected chi connectivity index (χ1v) is 11.7. The summed E-state index contributed by atoms with van der Waals surface area (Å²) in [5, 5.41) is 13.1. The molecule has 1 amide bonds. The van der Waals surface area contributed by atoms with Gasteiger partial charge in [0.25, 0.3) is 5.56 Å². The predicted octanol–water partition coefficient (Wildman–Crippen LogP) is 2.47. The van der Waals surface area contributed by atoms with Crippen molar-refractivity contribution in [3.8, 4) is 5.75 Å². The van der Waals surface area contributed by atoms with E-state index in [0.29, 0.717) is 29.8 Å². The number of nitrogens with zero attached hydrogens (tertiary/aromatic N) is 3. The second-order valence-corrected chi connectivity index (χ2v) is 9.14. The normalized spacial score (nSPS) is 11.8. The molecule has 0 aliphatic heterocycles. The molecule has 0 unspecified atom stereocenters. The maximum atomic E-state index is 12.7. The summed E-state index contributed by atoms with van der Waals surface area (Å²) in [7, 11) is -3.75. The van der Waals surface area contributed by atoms with Crippen LogP contribution in [0, 0.1) is 6.92 Å². The molecule has 0 aliphatic carbocycles. The lowest BCUT2D eigenvalue weighted by molar-refractivity contribution is -0.116. The molecule has 0 spiro atoms. The number of phenols is 1. The second-order valence-electron chi connectivity index (χ2n) is 7.20. The van der Waals surface area contributed by atoms with Crippen LogP contribution in [0.2, 0.25) is 0 Å². The summed E-state index contributed by atoms with van der Waals surface area (Å²) in [6, 6.07) is 10.7. The van der Waals surface area contributed by atoms with E-state index in [2.05, 4.69) is 10.3 Å². The summed E-state index contributed by atoms with van der Waals surface area (Å²) in [4.78, 5) is 29.6. The minimum Gasteiger partial charge on any atom is -0.506 e. The van der Waals surface area contributed by atoms with Crippen molar-refractivity contribution < 1.29 is 18.3 Å². The van der Waals surface area contributed by atoms with E-state index in [1.165, 1.54) is 27.1 Å². The van der Waals surface area contributed by atoms with Crippen molar-refractivity contribution in [3.63, 3.8) is 0 Å². The van der Waals surface area contributed by atoms with Gasteiger partial charge in [0.05, 0.1) is 21.5 Å². The number of hydrogen-bond donors (Lipinski definition) is 2. The molecule has 3 aromatic rings. The number of benzene rings is 2. The van der Waals surface area contributed by atoms with E-state index in [1.54, 1.807) is 45.0 Å². The third-order valence-corrected chi connectivity index (χ3v) is 7.25. The number of aromatic hydroxyl groups is 1. The summed E-state index contributed by atoms with van der Waals surface area (Å²) >= 11 is 0. The van der Waals surface area contributed by atoms with Crippen molar-refractivity contribution in [3.05, 3.63) is 58.6 Å². The highest BCUT2D eigenvalue weighted by molar-refractivity contribution is 7.89. The van der Waals surface area contributed by atoms with Gasteiger partial charge in [-0.05, 0) is 37.3 Å². The highest BCUT2D eigenvalue weighted by Gasteiger charge is 2.23. The summed E-state index contributed by atoms with van der Waals surface area (Å²) < 4.78 is 28.2. The summed E-state index contributed by atoms with van der Waals surface area (Å²) in [5.41, 5.74) is 0.340. The molecule has 0 atom stereocenters. The number of anilines is 1. The number of rotatable bonds is 8. The number of carbonyl (C=O) groups is 1. The van der Waals surface area contributed by atoms with Crippen LogP contribution in [0.4, 0.5) is 5.69 Å². The number of sulfonamides is 1. The van der Waals surface area contributed by atoms with Gasteiger partial charge in [0.1, 0.15) is 11.6 Å². The number of nitrogens with one attached hydrogen (secondary N) is 1. The van der Waals surface area contributed by atoms with Gasteiger partial charge in [-0.1, -0.05) is 26.0 Å². The molecular formula is C22H26N4O5S. The first kappa shape index (κ1) is 23.4. The number of carbonyl (C=O) groups excluding carboxylic acids is 1. The Balaban J connectivity index is 1.79. The highest BCUT2D eigenvalue weighted by atomic mass is 32.2. The number of hydrogen-bond acceptors (Lipinski definition) is 6. The first-order chi connectivity index (χ1) is 15.2. The summed E-state index contributed by atoms with van der Waals surface area (Å²) in [5.74, 6) is -0.244. The molecule has 2 aromatic carbocycles. The zero-order valence-corrected chi connectivity index (χ0v) is 19.0. The van der Waals surface area contributed by atoms with Crippen molar-refractivity contribution in [2.45, 2.75) is 38.6 Å². The molecular weight excluding hydrogens is 432 g/mol. The van der Waals surface area contributed by atoms with Crippen molar-refractivity contribution in [1.29, 1.82) is 0 Å². The Hall–Kier alpha value is -3.24. The zero-order valence-electron chi connectivity index (χ0n) is 18.2. The van der Waals surface area contributed by atoms with Gasteiger partial charge >= 0.3 is 0 Å². The van der Waals surface area contributed by atoms with E-state index in [0.717, 1.165) is 0 Å². The first-order valence-electron chi connectivity index (χ1n) is 10.3. The van der Waals surface area contributed by atoms with Crippen LogP contribution in [-0.4, -0.2) is 46.4 Å². The van der Waals surface area contributed by atoms with Gasteiger partial charge in [-0.15, -0.1) is 0 Å². The average molecular weight is 459 g/mol. The number of para-hydroxylation sites is 1. The van der Waals surface area contributed by atoms with Crippen molar-refractivity contribution in [1.82, 2.24) is 13.9 Å². The largest absolute Gasteiger partial charge is 0.506 e. The Morgan fingerprint density at radius 1 is 1.16 bits per heavy atom. The number of fused-ring (bicyclic) bond motifs is 1. The SMILES string of the molecule is CCN(CC)S(=O)(=O)c1ccc(O)c(NC(=O)CCn2c(C)nc3ccccc3c2=O)c1. The van der Waals surface area contributed by atoms with Crippen LogP contribution in [0.5, 0.6) is 5.75 Å². The van der Waals surface area contributed by atoms with Crippen LogP contribution in [0.1, 0.15) is 26.1 Å². The van der Waals surface area contributed by atoms with Crippen LogP contribution in [0.25, 0.3) is 10.9 Å². The fourth-order valence-corrected chi connectivity index (χ4v) is 4.94. The van der Waals surface area contributed by atoms with Gasteiger partial charge in [0.15, 0.2) is 0 Å². The minimum atomic E-state index is -3.75. The van der Waals surface area contributed by atoms with Gasteiger partial charge in [0, 0.05) is 26.1 Å². The minimum absolute atomic E-state index is 0.0102. The van der Waals surface area contributed by atoms with Crippen LogP contribution in [0.3, 0.4) is 0 Å². The molecule has 1 heterocycles. The molecule has 0 saturated carbocycles. The Morgan fingerprint density at radius 3 is 2.53 bits per heavy atom. The fraction of sp³-hybridized carbons (Fsp3) is 0.318. The number of amides is 1. The summed E-state index contributed by atoms with van der Waals surface area (Å²) in [6.07, 6.45) is -0.0623. The van der Waals surface area contributed by atoms with E-state index >= 15 is 0 Å².